The van der Waals surface area contributed by atoms with Crippen molar-refractivity contribution in [3.05, 3.63) is 70.9 Å². The van der Waals surface area contributed by atoms with E-state index in [9.17, 15) is 9.59 Å². The molecule has 0 bridgehead atoms. The number of amides is 1. The molecule has 0 fully saturated rings. The number of nitrogens with zero attached hydrogens (tertiary/aromatic N) is 3. The van der Waals surface area contributed by atoms with Gasteiger partial charge in [-0.2, -0.15) is 0 Å². The molecule has 0 radical (unpaired) electrons. The van der Waals surface area contributed by atoms with Gasteiger partial charge in [-0.1, -0.05) is 61.6 Å². The monoisotopic (exact) mass is 617 g/mol. The quantitative estimate of drug-likeness (QED) is 0.165. The fourth-order valence-electron chi connectivity index (χ4n) is 5.64. The summed E-state index contributed by atoms with van der Waals surface area (Å²) in [5, 5.41) is 1.65. The highest BCUT2D eigenvalue weighted by molar-refractivity contribution is 7.23. The van der Waals surface area contributed by atoms with Crippen LogP contribution in [0, 0.1) is 0 Å². The summed E-state index contributed by atoms with van der Waals surface area (Å²) in [4.78, 5) is 37.1. The van der Waals surface area contributed by atoms with Crippen LogP contribution in [-0.2, 0) is 29.0 Å². The minimum absolute atomic E-state index is 0.187. The van der Waals surface area contributed by atoms with Crippen molar-refractivity contribution in [3.8, 4) is 22.6 Å². The van der Waals surface area contributed by atoms with Crippen molar-refractivity contribution in [1.29, 1.82) is 0 Å². The maximum atomic E-state index is 13.8. The van der Waals surface area contributed by atoms with Crippen LogP contribution >= 0.6 is 11.3 Å². The zero-order valence-corrected chi connectivity index (χ0v) is 26.8. The molecule has 0 unspecified atom stereocenters. The number of carbonyl (C=O) groups is 2. The van der Waals surface area contributed by atoms with Gasteiger partial charge in [0.1, 0.15) is 16.4 Å². The van der Waals surface area contributed by atoms with E-state index in [1.54, 1.807) is 26.0 Å². The van der Waals surface area contributed by atoms with E-state index in [1.165, 1.54) is 11.3 Å². The van der Waals surface area contributed by atoms with Gasteiger partial charge in [0.15, 0.2) is 11.5 Å². The van der Waals surface area contributed by atoms with Gasteiger partial charge in [0.05, 0.1) is 32.1 Å². The zero-order chi connectivity index (χ0) is 31.2. The molecule has 0 aliphatic carbocycles. The highest BCUT2D eigenvalue weighted by Crippen LogP contribution is 2.48. The summed E-state index contributed by atoms with van der Waals surface area (Å²) in [7, 11) is 3.18. The van der Waals surface area contributed by atoms with Crippen LogP contribution in [0.5, 0.6) is 11.5 Å². The Kier molecular flexibility index (Phi) is 10.0. The number of ether oxygens (including phenoxy) is 4. The summed E-state index contributed by atoms with van der Waals surface area (Å²) in [5.74, 6) is 0.705. The van der Waals surface area contributed by atoms with E-state index in [-0.39, 0.29) is 13.2 Å². The number of thiophene rings is 1. The Hall–Kier alpha value is -4.15. The van der Waals surface area contributed by atoms with E-state index in [1.807, 2.05) is 48.5 Å². The molecule has 4 aromatic rings. The fourth-order valence-corrected chi connectivity index (χ4v) is 6.91. The van der Waals surface area contributed by atoms with Crippen molar-refractivity contribution in [2.24, 2.45) is 0 Å². The number of carbonyl (C=O) groups excluding carboxylic acids is 2. The van der Waals surface area contributed by atoms with E-state index in [4.69, 9.17) is 23.9 Å². The van der Waals surface area contributed by atoms with Gasteiger partial charge in [-0.05, 0) is 61.7 Å². The van der Waals surface area contributed by atoms with Crippen LogP contribution in [-0.4, -0.2) is 62.4 Å². The number of anilines is 1. The number of methoxy groups -OCH3 is 2. The molecule has 1 aliphatic heterocycles. The minimum Gasteiger partial charge on any atom is -0.493 e. The molecular weight excluding hydrogens is 578 g/mol. The van der Waals surface area contributed by atoms with Crippen LogP contribution in [0.3, 0.4) is 0 Å². The number of hydrogen-bond acceptors (Lipinski definition) is 9. The van der Waals surface area contributed by atoms with Gasteiger partial charge in [-0.15, -0.1) is 0 Å². The normalized spacial score (nSPS) is 12.7. The number of aromatic nitrogens is 1. The Bertz CT molecular complexity index is 1630. The molecule has 10 heteroatoms. The first-order chi connectivity index (χ1) is 21.4. The summed E-state index contributed by atoms with van der Waals surface area (Å²) >= 11 is 1.46. The van der Waals surface area contributed by atoms with Crippen LogP contribution in [0.2, 0.25) is 0 Å². The lowest BCUT2D eigenvalue weighted by Gasteiger charge is -2.26. The van der Waals surface area contributed by atoms with Crippen LogP contribution in [0.1, 0.15) is 54.4 Å². The summed E-state index contributed by atoms with van der Waals surface area (Å²) < 4.78 is 22.6. The Morgan fingerprint density at radius 2 is 1.73 bits per heavy atom. The molecule has 0 spiro atoms. The standard InChI is InChI=1S/C34H39N3O6S/c1-6-36(7-2)20-25-30(33(38)42-8-3)28(23-16-17-26(40-4)27(19-23)41-5)29-24-15-12-18-37(32(24)44-31(29)35-25)34(39)43-21-22-13-10-9-11-14-22/h9-11,13-14,16-17,19H,6-8,12,15,18,20-21H2,1-5H3. The molecule has 0 saturated heterocycles. The second-order valence-electron chi connectivity index (χ2n) is 10.4. The molecule has 5 rings (SSSR count). The van der Waals surface area contributed by atoms with E-state index in [0.717, 1.165) is 63.4 Å². The molecule has 0 atom stereocenters. The van der Waals surface area contributed by atoms with Crippen LogP contribution in [0.25, 0.3) is 21.3 Å². The summed E-state index contributed by atoms with van der Waals surface area (Å²) in [6, 6.07) is 15.3. The molecule has 1 amide bonds. The van der Waals surface area contributed by atoms with Crippen LogP contribution in [0.15, 0.2) is 48.5 Å². The first kappa shape index (κ1) is 31.3. The second kappa shape index (κ2) is 14.1. The van der Waals surface area contributed by atoms with E-state index in [2.05, 4.69) is 18.7 Å². The molecule has 9 nitrogen and oxygen atoms in total. The third-order valence-electron chi connectivity index (χ3n) is 7.89. The van der Waals surface area contributed by atoms with Gasteiger partial charge >= 0.3 is 12.1 Å². The molecule has 44 heavy (non-hydrogen) atoms. The van der Waals surface area contributed by atoms with E-state index < -0.39 is 12.1 Å². The highest BCUT2D eigenvalue weighted by Gasteiger charge is 2.33. The summed E-state index contributed by atoms with van der Waals surface area (Å²) in [6.07, 6.45) is 1.08. The number of fused-ring (bicyclic) bond motifs is 3. The number of hydrogen-bond donors (Lipinski definition) is 0. The maximum absolute atomic E-state index is 13.8. The Balaban J connectivity index is 1.72. The maximum Gasteiger partial charge on any atom is 0.415 e. The van der Waals surface area contributed by atoms with Gasteiger partial charge in [-0.25, -0.2) is 14.6 Å². The van der Waals surface area contributed by atoms with Crippen molar-refractivity contribution >= 4 is 38.6 Å². The average molecular weight is 618 g/mol. The van der Waals surface area contributed by atoms with Gasteiger partial charge in [0.2, 0.25) is 0 Å². The van der Waals surface area contributed by atoms with Crippen LogP contribution in [0.4, 0.5) is 9.80 Å². The molecule has 0 saturated carbocycles. The molecule has 1 aliphatic rings. The Labute approximate surface area is 262 Å². The van der Waals surface area contributed by atoms with Crippen molar-refractivity contribution in [2.45, 2.75) is 46.8 Å². The predicted molar refractivity (Wildman–Crippen MR) is 173 cm³/mol. The third kappa shape index (κ3) is 6.23. The highest BCUT2D eigenvalue weighted by atomic mass is 32.1. The van der Waals surface area contributed by atoms with Crippen molar-refractivity contribution in [3.63, 3.8) is 0 Å². The van der Waals surface area contributed by atoms with Gasteiger partial charge in [-0.3, -0.25) is 9.80 Å². The van der Waals surface area contributed by atoms with Gasteiger partial charge in [0.25, 0.3) is 0 Å². The lowest BCUT2D eigenvalue weighted by Crippen LogP contribution is -2.35. The predicted octanol–water partition coefficient (Wildman–Crippen LogP) is 7.09. The number of aryl methyl sites for hydroxylation is 1. The molecule has 2 aromatic carbocycles. The second-order valence-corrected chi connectivity index (χ2v) is 11.4. The van der Waals surface area contributed by atoms with Gasteiger partial charge < -0.3 is 18.9 Å². The summed E-state index contributed by atoms with van der Waals surface area (Å²) in [5.41, 5.74) is 4.48. The average Bonchev–Trinajstić information content (AvgIpc) is 3.43. The smallest absolute Gasteiger partial charge is 0.415 e. The Morgan fingerprint density at radius 1 is 0.977 bits per heavy atom. The zero-order valence-electron chi connectivity index (χ0n) is 26.0. The minimum atomic E-state index is -0.427. The number of pyridine rings is 1. The Morgan fingerprint density at radius 3 is 2.41 bits per heavy atom. The fraction of sp³-hybridized carbons (Fsp3) is 0.382. The largest absolute Gasteiger partial charge is 0.493 e. The topological polar surface area (TPSA) is 90.4 Å². The SMILES string of the molecule is CCOC(=O)c1c(CN(CC)CC)nc2sc3c(c2c1-c1ccc(OC)c(OC)c1)CCCN3C(=O)OCc1ccccc1. The van der Waals surface area contributed by atoms with Crippen molar-refractivity contribution < 1.29 is 28.5 Å². The lowest BCUT2D eigenvalue weighted by atomic mass is 9.91. The summed E-state index contributed by atoms with van der Waals surface area (Å²) in [6.45, 7) is 9.00. The first-order valence-electron chi connectivity index (χ1n) is 15.0. The molecule has 0 N–H and O–H groups in total. The van der Waals surface area contributed by atoms with Crippen LogP contribution < -0.4 is 14.4 Å². The van der Waals surface area contributed by atoms with Gasteiger partial charge in [0, 0.05) is 24.0 Å². The molecule has 3 heterocycles. The number of benzene rings is 2. The van der Waals surface area contributed by atoms with E-state index in [0.29, 0.717) is 35.8 Å². The first-order valence-corrected chi connectivity index (χ1v) is 15.8. The van der Waals surface area contributed by atoms with Crippen molar-refractivity contribution in [2.75, 3.05) is 45.4 Å². The molecule has 232 valence electrons. The lowest BCUT2D eigenvalue weighted by molar-refractivity contribution is 0.0524. The molecular formula is C34H39N3O6S. The number of rotatable bonds is 11. The van der Waals surface area contributed by atoms with Crippen molar-refractivity contribution in [1.82, 2.24) is 9.88 Å². The molecule has 2 aromatic heterocycles. The van der Waals surface area contributed by atoms with E-state index >= 15 is 0 Å². The number of esters is 1. The third-order valence-corrected chi connectivity index (χ3v) is 9.04.